The Morgan fingerprint density at radius 3 is 2.75 bits per heavy atom. The molecule has 1 fully saturated rings. The predicted molar refractivity (Wildman–Crippen MR) is 111 cm³/mol. The van der Waals surface area contributed by atoms with Crippen molar-refractivity contribution in [3.63, 3.8) is 0 Å². The van der Waals surface area contributed by atoms with E-state index in [1.165, 1.54) is 4.88 Å². The fourth-order valence-electron chi connectivity index (χ4n) is 2.52. The van der Waals surface area contributed by atoms with Crippen LogP contribution in [0.25, 0.3) is 0 Å². The lowest BCUT2D eigenvalue weighted by Gasteiger charge is -2.39. The number of hydrogen-bond acceptors (Lipinski definition) is 5. The van der Waals surface area contributed by atoms with Crippen molar-refractivity contribution in [1.29, 1.82) is 0 Å². The fraction of sp³-hybridized carbons (Fsp3) is 0.733. The second kappa shape index (κ2) is 8.79. The maximum absolute atomic E-state index is 12.1. The van der Waals surface area contributed by atoms with Gasteiger partial charge in [0.15, 0.2) is 15.8 Å². The largest absolute Gasteiger partial charge is 0.357 e. The van der Waals surface area contributed by atoms with Gasteiger partial charge in [0.05, 0.1) is 15.5 Å². The second-order valence-corrected chi connectivity index (χ2v) is 10.4. The Morgan fingerprint density at radius 1 is 1.50 bits per heavy atom. The van der Waals surface area contributed by atoms with Gasteiger partial charge in [0.1, 0.15) is 0 Å². The molecular formula is C15H27IN4O2S2. The molecule has 1 aromatic heterocycles. The van der Waals surface area contributed by atoms with Crippen LogP contribution < -0.4 is 5.32 Å². The molecule has 138 valence electrons. The Labute approximate surface area is 166 Å². The number of rotatable bonds is 4. The summed E-state index contributed by atoms with van der Waals surface area (Å²) in [5, 5.41) is 4.36. The summed E-state index contributed by atoms with van der Waals surface area (Å²) < 4.78 is 23.5. The van der Waals surface area contributed by atoms with E-state index in [9.17, 15) is 8.42 Å². The van der Waals surface area contributed by atoms with Crippen molar-refractivity contribution in [2.75, 3.05) is 31.9 Å². The van der Waals surface area contributed by atoms with Crippen molar-refractivity contribution in [1.82, 2.24) is 15.2 Å². The smallest absolute Gasteiger partial charge is 0.194 e. The number of nitrogens with zero attached hydrogens (tertiary/aromatic N) is 3. The van der Waals surface area contributed by atoms with E-state index in [1.54, 1.807) is 25.2 Å². The Morgan fingerprint density at radius 2 is 2.21 bits per heavy atom. The number of hydrogen-bond donors (Lipinski definition) is 1. The van der Waals surface area contributed by atoms with Crippen LogP contribution >= 0.6 is 35.3 Å². The van der Waals surface area contributed by atoms with E-state index < -0.39 is 14.6 Å². The standard InChI is InChI=1S/C15H26N4O2S2.HI/c1-5-16-14(17-7-6-13-18-10-12(2)22-13)19-8-9-23(20,21)15(3,4)11-19;/h10H,5-9,11H2,1-4H3,(H,16,17);1H. The van der Waals surface area contributed by atoms with Gasteiger partial charge in [-0.05, 0) is 27.7 Å². The first-order valence-corrected chi connectivity index (χ1v) is 10.4. The summed E-state index contributed by atoms with van der Waals surface area (Å²) in [4.78, 5) is 12.3. The molecular weight excluding hydrogens is 459 g/mol. The highest BCUT2D eigenvalue weighted by molar-refractivity contribution is 14.0. The fourth-order valence-corrected chi connectivity index (χ4v) is 4.67. The quantitative estimate of drug-likeness (QED) is 0.401. The van der Waals surface area contributed by atoms with Crippen LogP contribution in [0.3, 0.4) is 0 Å². The lowest BCUT2D eigenvalue weighted by Crippen LogP contribution is -2.57. The first-order chi connectivity index (χ1) is 10.7. The summed E-state index contributed by atoms with van der Waals surface area (Å²) >= 11 is 1.69. The average molecular weight is 486 g/mol. The van der Waals surface area contributed by atoms with Gasteiger partial charge in [0.2, 0.25) is 0 Å². The van der Waals surface area contributed by atoms with Crippen LogP contribution in [-0.4, -0.2) is 60.9 Å². The number of aliphatic imine (C=N–C) groups is 1. The Bertz CT molecular complexity index is 671. The van der Waals surface area contributed by atoms with Crippen molar-refractivity contribution < 1.29 is 8.42 Å². The van der Waals surface area contributed by atoms with Gasteiger partial charge >= 0.3 is 0 Å². The van der Waals surface area contributed by atoms with Crippen LogP contribution in [0.5, 0.6) is 0 Å². The molecule has 1 aliphatic rings. The molecule has 0 amide bonds. The van der Waals surface area contributed by atoms with Gasteiger partial charge < -0.3 is 10.2 Å². The summed E-state index contributed by atoms with van der Waals surface area (Å²) in [6, 6.07) is 0. The molecule has 6 nitrogen and oxygen atoms in total. The normalized spacial score (nSPS) is 19.7. The summed E-state index contributed by atoms with van der Waals surface area (Å²) in [7, 11) is -3.04. The van der Waals surface area contributed by atoms with Crippen molar-refractivity contribution in [2.24, 2.45) is 4.99 Å². The van der Waals surface area contributed by atoms with E-state index in [1.807, 2.05) is 20.0 Å². The average Bonchev–Trinajstić information content (AvgIpc) is 2.87. The van der Waals surface area contributed by atoms with Crippen LogP contribution in [0.2, 0.25) is 0 Å². The van der Waals surface area contributed by atoms with E-state index in [0.717, 1.165) is 23.9 Å². The van der Waals surface area contributed by atoms with E-state index in [0.29, 0.717) is 19.6 Å². The van der Waals surface area contributed by atoms with Gasteiger partial charge in [0, 0.05) is 43.7 Å². The van der Waals surface area contributed by atoms with Gasteiger partial charge in [-0.3, -0.25) is 4.99 Å². The van der Waals surface area contributed by atoms with Crippen LogP contribution in [0, 0.1) is 6.92 Å². The number of aromatic nitrogens is 1. The molecule has 0 saturated carbocycles. The van der Waals surface area contributed by atoms with Crippen LogP contribution in [0.15, 0.2) is 11.2 Å². The lowest BCUT2D eigenvalue weighted by atomic mass is 10.2. The third kappa shape index (κ3) is 5.29. The Kier molecular flexibility index (Phi) is 7.92. The minimum Gasteiger partial charge on any atom is -0.357 e. The van der Waals surface area contributed by atoms with Crippen molar-refractivity contribution in [3.05, 3.63) is 16.1 Å². The summed E-state index contributed by atoms with van der Waals surface area (Å²) in [6.07, 6.45) is 2.69. The maximum Gasteiger partial charge on any atom is 0.194 e. The number of nitrogens with one attached hydrogen (secondary N) is 1. The van der Waals surface area contributed by atoms with Gasteiger partial charge in [-0.2, -0.15) is 0 Å². The Hall–Kier alpha value is -0.420. The minimum atomic E-state index is -3.04. The topological polar surface area (TPSA) is 74.7 Å². The maximum atomic E-state index is 12.1. The lowest BCUT2D eigenvalue weighted by molar-refractivity contribution is 0.353. The van der Waals surface area contributed by atoms with Crippen molar-refractivity contribution in [3.8, 4) is 0 Å². The highest BCUT2D eigenvalue weighted by Gasteiger charge is 2.40. The van der Waals surface area contributed by atoms with Gasteiger partial charge in [-0.1, -0.05) is 0 Å². The van der Waals surface area contributed by atoms with Gasteiger partial charge in [0.25, 0.3) is 0 Å². The number of sulfone groups is 1. The number of guanidine groups is 1. The molecule has 9 heteroatoms. The molecule has 24 heavy (non-hydrogen) atoms. The van der Waals surface area contributed by atoms with Gasteiger partial charge in [-0.15, -0.1) is 35.3 Å². The highest BCUT2D eigenvalue weighted by atomic mass is 127. The zero-order valence-corrected chi connectivity index (χ0v) is 18.7. The number of aryl methyl sites for hydroxylation is 1. The van der Waals surface area contributed by atoms with E-state index in [2.05, 4.69) is 20.2 Å². The molecule has 1 saturated heterocycles. The molecule has 0 atom stereocenters. The van der Waals surface area contributed by atoms with Crippen molar-refractivity contribution >= 4 is 51.1 Å². The highest BCUT2D eigenvalue weighted by Crippen LogP contribution is 2.23. The molecule has 0 unspecified atom stereocenters. The molecule has 0 bridgehead atoms. The molecule has 0 aromatic carbocycles. The molecule has 0 radical (unpaired) electrons. The minimum absolute atomic E-state index is 0. The van der Waals surface area contributed by atoms with Gasteiger partial charge in [-0.25, -0.2) is 13.4 Å². The molecule has 1 aromatic rings. The summed E-state index contributed by atoms with van der Waals surface area (Å²) in [5.74, 6) is 0.972. The van der Waals surface area contributed by atoms with Crippen LogP contribution in [-0.2, 0) is 16.3 Å². The summed E-state index contributed by atoms with van der Waals surface area (Å²) in [5.41, 5.74) is 0. The third-order valence-electron chi connectivity index (χ3n) is 3.93. The molecule has 1 aliphatic heterocycles. The summed E-state index contributed by atoms with van der Waals surface area (Å²) in [6.45, 7) is 10.0. The molecule has 2 rings (SSSR count). The Balaban J connectivity index is 0.00000288. The van der Waals surface area contributed by atoms with Crippen LogP contribution in [0.4, 0.5) is 0 Å². The predicted octanol–water partition coefficient (Wildman–Crippen LogP) is 2.09. The monoisotopic (exact) mass is 486 g/mol. The van der Waals surface area contributed by atoms with E-state index in [-0.39, 0.29) is 29.7 Å². The first-order valence-electron chi connectivity index (χ1n) is 7.92. The second-order valence-electron chi connectivity index (χ2n) is 6.35. The molecule has 2 heterocycles. The molecule has 0 aliphatic carbocycles. The van der Waals surface area contributed by atoms with Crippen molar-refractivity contribution in [2.45, 2.75) is 38.9 Å². The number of halogens is 1. The third-order valence-corrected chi connectivity index (χ3v) is 7.44. The molecule has 0 spiro atoms. The zero-order chi connectivity index (χ0) is 17.1. The molecule has 1 N–H and O–H groups in total. The van der Waals surface area contributed by atoms with E-state index in [4.69, 9.17) is 0 Å². The first kappa shape index (κ1) is 21.6. The number of thiazole rings is 1. The zero-order valence-electron chi connectivity index (χ0n) is 14.7. The van der Waals surface area contributed by atoms with Crippen LogP contribution in [0.1, 0.15) is 30.7 Å². The SMILES string of the molecule is CCNC(=NCCc1ncc(C)s1)N1CCS(=O)(=O)C(C)(C)C1.I. The van der Waals surface area contributed by atoms with E-state index >= 15 is 0 Å².